The Morgan fingerprint density at radius 3 is 1.20 bits per heavy atom. The molecule has 0 aromatic rings. The van der Waals surface area contributed by atoms with E-state index in [0.29, 0.717) is 38.6 Å². The predicted molar refractivity (Wildman–Crippen MR) is 308 cm³/mol. The number of amides is 6. The van der Waals surface area contributed by atoms with Crippen LogP contribution in [0.25, 0.3) is 0 Å². The molecule has 0 bridgehead atoms. The number of carboxylic acids is 5. The van der Waals surface area contributed by atoms with E-state index in [9.17, 15) is 78.0 Å². The molecule has 0 saturated heterocycles. The number of aliphatic carboxylic acids is 5. The second-order valence-electron chi connectivity index (χ2n) is 21.0. The Bertz CT molecular complexity index is 2000. The third-order valence-electron chi connectivity index (χ3n) is 13.4. The standard InChI is InChI=1S/C57H98N6O22.H2/c1-40(53(73)63-52(41(2)64)57(80)81)20-17-18-30-58-49(69)38-85-37-35-83-33-31-59-50(70)39-84-36-34-82-32-19-21-42(65)24-25-43(54(74)75)61-47(67)29-27-45(56(78)79)62-48(68)28-26-44(55(76)77)60-46(66)22-15-13-11-9-7-5-3-4-6-8-10-12-14-16-23-51(71)72;/h40-41,43-45,52,64H,3-39H2,1-2H3,(H,58,69)(H,59,70)(H,60,66)(H,61,67)(H,62,68)(H,63,73)(H,71,72)(H,74,75)(H,76,77)(H,78,79)(H,80,81);1H/t40-,41+,43-,44-,45-,52-;/m0./s1. The smallest absolute Gasteiger partial charge is 0.328 e. The Labute approximate surface area is 499 Å². The first-order valence-electron chi connectivity index (χ1n) is 29.9. The maximum Gasteiger partial charge on any atom is 0.328 e. The highest BCUT2D eigenvalue weighted by Gasteiger charge is 2.28. The van der Waals surface area contributed by atoms with Crippen LogP contribution in [0.15, 0.2) is 0 Å². The van der Waals surface area contributed by atoms with E-state index in [0.717, 1.165) is 70.6 Å². The van der Waals surface area contributed by atoms with Gasteiger partial charge in [0.1, 0.15) is 37.1 Å². The Morgan fingerprint density at radius 2 is 0.765 bits per heavy atom. The zero-order valence-corrected chi connectivity index (χ0v) is 49.8. The fourth-order valence-corrected chi connectivity index (χ4v) is 8.36. The molecule has 28 heteroatoms. The number of Topliss-reactive ketones (excluding diaryl/α,β-unsaturated/α-hetero) is 1. The van der Waals surface area contributed by atoms with Crippen LogP contribution >= 0.6 is 0 Å². The Kier molecular flexibility index (Phi) is 47.1. The van der Waals surface area contributed by atoms with Crippen LogP contribution in [0.4, 0.5) is 0 Å². The van der Waals surface area contributed by atoms with E-state index in [1.165, 1.54) is 19.8 Å². The molecule has 12 N–H and O–H groups in total. The van der Waals surface area contributed by atoms with Crippen LogP contribution in [-0.4, -0.2) is 198 Å². The van der Waals surface area contributed by atoms with Gasteiger partial charge in [-0.25, -0.2) is 19.2 Å². The normalized spacial score (nSPS) is 13.2. The summed E-state index contributed by atoms with van der Waals surface area (Å²) in [5.74, 6) is -10.5. The van der Waals surface area contributed by atoms with Crippen LogP contribution in [-0.2, 0) is 76.5 Å². The molecule has 0 unspecified atom stereocenters. The van der Waals surface area contributed by atoms with Gasteiger partial charge >= 0.3 is 29.8 Å². The maximum atomic E-state index is 12.6. The zero-order chi connectivity index (χ0) is 63.6. The number of hydrogen-bond donors (Lipinski definition) is 12. The van der Waals surface area contributed by atoms with Crippen molar-refractivity contribution < 1.29 is 109 Å². The van der Waals surface area contributed by atoms with Gasteiger partial charge in [0, 0.05) is 65.6 Å². The summed E-state index contributed by atoms with van der Waals surface area (Å²) in [5.41, 5.74) is 0. The lowest BCUT2D eigenvalue weighted by molar-refractivity contribution is -0.145. The largest absolute Gasteiger partial charge is 0.481 e. The van der Waals surface area contributed by atoms with Gasteiger partial charge in [-0.15, -0.1) is 0 Å². The van der Waals surface area contributed by atoms with Gasteiger partial charge in [0.05, 0.1) is 39.1 Å². The molecule has 6 atom stereocenters. The minimum absolute atomic E-state index is 0. The van der Waals surface area contributed by atoms with E-state index in [2.05, 4.69) is 31.9 Å². The molecule has 28 nitrogen and oxygen atoms in total. The van der Waals surface area contributed by atoms with Crippen molar-refractivity contribution in [1.29, 1.82) is 0 Å². The van der Waals surface area contributed by atoms with Gasteiger partial charge in [0.25, 0.3) is 0 Å². The minimum atomic E-state index is -1.57. The Morgan fingerprint density at radius 1 is 0.365 bits per heavy atom. The van der Waals surface area contributed by atoms with E-state index in [-0.39, 0.29) is 111 Å². The molecule has 490 valence electrons. The average Bonchev–Trinajstić information content (AvgIpc) is 3.65. The number of unbranched alkanes of at least 4 members (excludes halogenated alkanes) is 14. The monoisotopic (exact) mass is 1220 g/mol. The third kappa shape index (κ3) is 46.6. The van der Waals surface area contributed by atoms with Gasteiger partial charge in [0.15, 0.2) is 6.04 Å². The number of carbonyl (C=O) groups is 12. The van der Waals surface area contributed by atoms with Gasteiger partial charge < -0.3 is 81.5 Å². The summed E-state index contributed by atoms with van der Waals surface area (Å²) in [6, 6.07) is -5.81. The van der Waals surface area contributed by atoms with Crippen molar-refractivity contribution in [3.05, 3.63) is 0 Å². The van der Waals surface area contributed by atoms with Crippen molar-refractivity contribution in [3.63, 3.8) is 0 Å². The summed E-state index contributed by atoms with van der Waals surface area (Å²) in [6.45, 7) is 3.93. The van der Waals surface area contributed by atoms with Crippen LogP contribution < -0.4 is 31.9 Å². The number of carbonyl (C=O) groups excluding carboxylic acids is 7. The first kappa shape index (κ1) is 78.6. The molecule has 0 radical (unpaired) electrons. The van der Waals surface area contributed by atoms with Crippen molar-refractivity contribution >= 4 is 71.1 Å². The molecular formula is C57H100N6O22. The van der Waals surface area contributed by atoms with Crippen molar-refractivity contribution in [2.75, 3.05) is 65.9 Å². The molecule has 0 aliphatic carbocycles. The Hall–Kier alpha value is -6.36. The summed E-state index contributed by atoms with van der Waals surface area (Å²) in [4.78, 5) is 144. The third-order valence-corrected chi connectivity index (χ3v) is 13.4. The molecule has 0 aliphatic rings. The SMILES string of the molecule is C[C@@H](CCCCNC(=O)COCCOCCNC(=O)COCCOCCCC(=O)CC[C@H](NC(=O)CC[C@H](NC(=O)CC[C@H](NC(=O)CCCCCCCCCCCCCCCCC(=O)O)C(=O)O)C(=O)O)C(=O)O)C(=O)N[C@H](C(=O)O)[C@@H](C)O.[HH]. The van der Waals surface area contributed by atoms with Crippen LogP contribution in [0, 0.1) is 5.92 Å². The number of carboxylic acid groups (broad SMARTS) is 5. The van der Waals surface area contributed by atoms with Crippen molar-refractivity contribution in [3.8, 4) is 0 Å². The van der Waals surface area contributed by atoms with E-state index in [1.807, 2.05) is 0 Å². The van der Waals surface area contributed by atoms with Gasteiger partial charge in [-0.2, -0.15) is 0 Å². The van der Waals surface area contributed by atoms with Gasteiger partial charge in [-0.3, -0.25) is 38.4 Å². The first-order valence-corrected chi connectivity index (χ1v) is 29.9. The number of hydrogen-bond acceptors (Lipinski definition) is 17. The van der Waals surface area contributed by atoms with E-state index >= 15 is 0 Å². The minimum Gasteiger partial charge on any atom is -0.481 e. The van der Waals surface area contributed by atoms with E-state index in [1.54, 1.807) is 6.92 Å². The topological polar surface area (TPSA) is 435 Å². The molecule has 0 spiro atoms. The first-order chi connectivity index (χ1) is 40.5. The molecule has 0 rings (SSSR count). The summed E-state index contributed by atoms with van der Waals surface area (Å²) in [6.07, 6.45) is 13.1. The predicted octanol–water partition coefficient (Wildman–Crippen LogP) is 3.01. The van der Waals surface area contributed by atoms with Gasteiger partial charge in [0.2, 0.25) is 35.4 Å². The van der Waals surface area contributed by atoms with Crippen LogP contribution in [0.5, 0.6) is 0 Å². The molecule has 0 aromatic heterocycles. The lowest BCUT2D eigenvalue weighted by Crippen LogP contribution is -2.49. The second-order valence-corrected chi connectivity index (χ2v) is 21.0. The number of nitrogens with one attached hydrogen (secondary N) is 6. The highest BCUT2D eigenvalue weighted by Crippen LogP contribution is 2.15. The van der Waals surface area contributed by atoms with Crippen LogP contribution in [0.2, 0.25) is 0 Å². The van der Waals surface area contributed by atoms with Crippen LogP contribution in [0.1, 0.15) is 189 Å². The lowest BCUT2D eigenvalue weighted by Gasteiger charge is -2.19. The fraction of sp³-hybridized carbons (Fsp3) is 0.789. The fourth-order valence-electron chi connectivity index (χ4n) is 8.36. The lowest BCUT2D eigenvalue weighted by atomic mass is 10.0. The van der Waals surface area contributed by atoms with Gasteiger partial charge in [-0.05, 0) is 58.3 Å². The van der Waals surface area contributed by atoms with Crippen molar-refractivity contribution in [2.24, 2.45) is 5.92 Å². The van der Waals surface area contributed by atoms with E-state index in [4.69, 9.17) is 29.2 Å². The number of aliphatic hydroxyl groups is 1. The molecule has 6 amide bonds. The molecule has 0 saturated carbocycles. The maximum absolute atomic E-state index is 12.6. The molecule has 85 heavy (non-hydrogen) atoms. The zero-order valence-electron chi connectivity index (χ0n) is 49.8. The molecule has 0 fully saturated rings. The van der Waals surface area contributed by atoms with Gasteiger partial charge in [-0.1, -0.05) is 90.4 Å². The molecule has 0 heterocycles. The number of ketones is 1. The second kappa shape index (κ2) is 50.9. The number of aliphatic hydroxyl groups excluding tert-OH is 1. The highest BCUT2D eigenvalue weighted by molar-refractivity contribution is 5.88. The highest BCUT2D eigenvalue weighted by atomic mass is 16.5. The quantitative estimate of drug-likeness (QED) is 0.0389. The Balaban J connectivity index is 0. The summed E-state index contributed by atoms with van der Waals surface area (Å²) in [5, 5.41) is 70.7. The average molecular weight is 1220 g/mol. The van der Waals surface area contributed by atoms with Crippen molar-refractivity contribution in [2.45, 2.75) is 217 Å². The summed E-state index contributed by atoms with van der Waals surface area (Å²) < 4.78 is 21.3. The van der Waals surface area contributed by atoms with E-state index < -0.39 is 115 Å². The number of ether oxygens (including phenoxy) is 4. The number of rotatable bonds is 58. The van der Waals surface area contributed by atoms with Crippen LogP contribution in [0.3, 0.4) is 0 Å². The van der Waals surface area contributed by atoms with Crippen molar-refractivity contribution in [1.82, 2.24) is 31.9 Å². The molecule has 0 aromatic carbocycles. The summed E-state index contributed by atoms with van der Waals surface area (Å²) >= 11 is 0. The summed E-state index contributed by atoms with van der Waals surface area (Å²) in [7, 11) is 0. The molecular weight excluding hydrogens is 1120 g/mol. The molecule has 0 aliphatic heterocycles.